The number of aromatic nitrogens is 3. The lowest BCUT2D eigenvalue weighted by Crippen LogP contribution is -2.46. The third kappa shape index (κ3) is 4.33. The molecule has 7 nitrogen and oxygen atoms in total. The molecule has 1 amide bonds. The maximum absolute atomic E-state index is 11.8. The van der Waals surface area contributed by atoms with Crippen LogP contribution in [0.5, 0.6) is 0 Å². The Kier molecular flexibility index (Phi) is 6.16. The smallest absolute Gasteiger partial charge is 0.251 e. The molecule has 0 bridgehead atoms. The molecule has 1 aromatic carbocycles. The molecule has 0 spiro atoms. The molecule has 1 saturated heterocycles. The zero-order valence-corrected chi connectivity index (χ0v) is 19.7. The Morgan fingerprint density at radius 2 is 1.65 bits per heavy atom. The summed E-state index contributed by atoms with van der Waals surface area (Å²) < 4.78 is 2.17. The molecule has 7 heteroatoms. The number of aryl methyl sites for hydroxylation is 1. The first kappa shape index (κ1) is 21.9. The topological polar surface area (TPSA) is 66.3 Å². The molecule has 1 aliphatic rings. The maximum atomic E-state index is 11.8. The minimum absolute atomic E-state index is 0.0712. The van der Waals surface area contributed by atoms with Crippen LogP contribution < -0.4 is 15.1 Å². The van der Waals surface area contributed by atoms with E-state index < -0.39 is 0 Å². The molecule has 4 heterocycles. The van der Waals surface area contributed by atoms with Crippen LogP contribution >= 0.6 is 0 Å². The van der Waals surface area contributed by atoms with E-state index in [1.165, 1.54) is 16.6 Å². The SMILES string of the molecule is CCc1ccc(N2CCN(c3ccnc4c3ccn4Cc3ccc(C(=O)NC)cc3)CC2)nc1. The monoisotopic (exact) mass is 454 g/mol. The summed E-state index contributed by atoms with van der Waals surface area (Å²) in [6, 6.07) is 16.3. The van der Waals surface area contributed by atoms with E-state index in [1.807, 2.05) is 36.7 Å². The Labute approximate surface area is 200 Å². The van der Waals surface area contributed by atoms with Gasteiger partial charge in [0.15, 0.2) is 0 Å². The summed E-state index contributed by atoms with van der Waals surface area (Å²) in [6.07, 6.45) is 7.01. The van der Waals surface area contributed by atoms with Gasteiger partial charge in [0, 0.05) is 75.0 Å². The largest absolute Gasteiger partial charge is 0.367 e. The third-order valence-corrected chi connectivity index (χ3v) is 6.60. The van der Waals surface area contributed by atoms with Crippen LogP contribution in [0.4, 0.5) is 11.5 Å². The summed E-state index contributed by atoms with van der Waals surface area (Å²) in [5.74, 6) is 0.989. The number of hydrogen-bond acceptors (Lipinski definition) is 5. The van der Waals surface area contributed by atoms with Crippen LogP contribution in [0.1, 0.15) is 28.4 Å². The molecule has 0 aliphatic carbocycles. The Hall–Kier alpha value is -3.87. The van der Waals surface area contributed by atoms with E-state index in [2.05, 4.69) is 67.0 Å². The molecule has 0 radical (unpaired) electrons. The number of pyridine rings is 2. The number of hydrogen-bond donors (Lipinski definition) is 1. The maximum Gasteiger partial charge on any atom is 0.251 e. The summed E-state index contributed by atoms with van der Waals surface area (Å²) in [5.41, 5.74) is 5.28. The van der Waals surface area contributed by atoms with Crippen molar-refractivity contribution in [1.82, 2.24) is 19.9 Å². The highest BCUT2D eigenvalue weighted by Crippen LogP contribution is 2.28. The van der Waals surface area contributed by atoms with Crippen molar-refractivity contribution in [2.75, 3.05) is 43.0 Å². The van der Waals surface area contributed by atoms with Crippen molar-refractivity contribution in [1.29, 1.82) is 0 Å². The molecule has 5 rings (SSSR count). The molecule has 174 valence electrons. The van der Waals surface area contributed by atoms with Crippen molar-refractivity contribution in [2.24, 2.45) is 0 Å². The zero-order chi connectivity index (χ0) is 23.5. The van der Waals surface area contributed by atoms with E-state index >= 15 is 0 Å². The molecular weight excluding hydrogens is 424 g/mol. The molecule has 0 atom stereocenters. The number of nitrogens with one attached hydrogen (secondary N) is 1. The normalized spacial score (nSPS) is 13.9. The van der Waals surface area contributed by atoms with Crippen LogP contribution in [0.3, 0.4) is 0 Å². The summed E-state index contributed by atoms with van der Waals surface area (Å²) in [5, 5.41) is 3.83. The van der Waals surface area contributed by atoms with E-state index in [1.54, 1.807) is 7.05 Å². The van der Waals surface area contributed by atoms with Gasteiger partial charge in [0.05, 0.1) is 0 Å². The zero-order valence-electron chi connectivity index (χ0n) is 19.7. The van der Waals surface area contributed by atoms with Crippen LogP contribution in [0.15, 0.2) is 67.1 Å². The van der Waals surface area contributed by atoms with Crippen molar-refractivity contribution in [2.45, 2.75) is 19.9 Å². The Morgan fingerprint density at radius 3 is 2.32 bits per heavy atom. The number of fused-ring (bicyclic) bond motifs is 1. The third-order valence-electron chi connectivity index (χ3n) is 6.60. The van der Waals surface area contributed by atoms with Gasteiger partial charge in [-0.3, -0.25) is 4.79 Å². The quantitative estimate of drug-likeness (QED) is 0.481. The summed E-state index contributed by atoms with van der Waals surface area (Å²) >= 11 is 0. The van der Waals surface area contributed by atoms with Crippen LogP contribution in [0.25, 0.3) is 11.0 Å². The number of anilines is 2. The number of amides is 1. The van der Waals surface area contributed by atoms with Gasteiger partial charge in [-0.15, -0.1) is 0 Å². The van der Waals surface area contributed by atoms with Gasteiger partial charge in [-0.05, 0) is 47.9 Å². The molecule has 1 aliphatic heterocycles. The second-order valence-electron chi connectivity index (χ2n) is 8.64. The molecule has 3 aromatic heterocycles. The fourth-order valence-corrected chi connectivity index (χ4v) is 4.57. The lowest BCUT2D eigenvalue weighted by atomic mass is 10.1. The first-order valence-electron chi connectivity index (χ1n) is 11.9. The highest BCUT2D eigenvalue weighted by molar-refractivity contribution is 5.94. The fraction of sp³-hybridized carbons (Fsp3) is 0.296. The Bertz CT molecular complexity index is 1270. The molecule has 4 aromatic rings. The number of carbonyl (C=O) groups is 1. The van der Waals surface area contributed by atoms with E-state index in [4.69, 9.17) is 0 Å². The summed E-state index contributed by atoms with van der Waals surface area (Å²) in [6.45, 7) is 6.65. The first-order chi connectivity index (χ1) is 16.7. The van der Waals surface area contributed by atoms with Crippen molar-refractivity contribution in [3.8, 4) is 0 Å². The molecule has 0 unspecified atom stereocenters. The number of benzene rings is 1. The van der Waals surface area contributed by atoms with Gasteiger partial charge >= 0.3 is 0 Å². The van der Waals surface area contributed by atoms with Gasteiger partial charge in [-0.25, -0.2) is 9.97 Å². The van der Waals surface area contributed by atoms with E-state index in [0.717, 1.165) is 49.6 Å². The minimum atomic E-state index is -0.0712. The average molecular weight is 455 g/mol. The highest BCUT2D eigenvalue weighted by atomic mass is 16.1. The molecule has 1 fully saturated rings. The Morgan fingerprint density at radius 1 is 0.912 bits per heavy atom. The van der Waals surface area contributed by atoms with Crippen LogP contribution in [-0.2, 0) is 13.0 Å². The molecule has 34 heavy (non-hydrogen) atoms. The molecule has 0 saturated carbocycles. The van der Waals surface area contributed by atoms with E-state index in [9.17, 15) is 4.79 Å². The minimum Gasteiger partial charge on any atom is -0.367 e. The van der Waals surface area contributed by atoms with Crippen LogP contribution in [0.2, 0.25) is 0 Å². The van der Waals surface area contributed by atoms with Gasteiger partial charge in [0.2, 0.25) is 0 Å². The average Bonchev–Trinajstić information content (AvgIpc) is 3.31. The standard InChI is InChI=1S/C27H30N6O/c1-3-20-6-9-25(30-18-20)32-16-14-31(15-17-32)24-10-12-29-26-23(24)11-13-33(26)19-21-4-7-22(8-5-21)27(34)28-2/h4-13,18H,3,14-17,19H2,1-2H3,(H,28,34). The van der Waals surface area contributed by atoms with Crippen molar-refractivity contribution >= 4 is 28.4 Å². The number of rotatable bonds is 6. The summed E-state index contributed by atoms with van der Waals surface area (Å²) in [4.78, 5) is 25.9. The predicted molar refractivity (Wildman–Crippen MR) is 137 cm³/mol. The molecule has 1 N–H and O–H groups in total. The first-order valence-corrected chi connectivity index (χ1v) is 11.9. The van der Waals surface area contributed by atoms with Crippen molar-refractivity contribution in [3.63, 3.8) is 0 Å². The van der Waals surface area contributed by atoms with Crippen LogP contribution in [0, 0.1) is 0 Å². The lowest BCUT2D eigenvalue weighted by molar-refractivity contribution is 0.0963. The highest BCUT2D eigenvalue weighted by Gasteiger charge is 2.20. The second-order valence-corrected chi connectivity index (χ2v) is 8.64. The number of piperazine rings is 1. The fourth-order valence-electron chi connectivity index (χ4n) is 4.57. The lowest BCUT2D eigenvalue weighted by Gasteiger charge is -2.37. The second kappa shape index (κ2) is 9.55. The van der Waals surface area contributed by atoms with Crippen molar-refractivity contribution < 1.29 is 4.79 Å². The number of carbonyl (C=O) groups excluding carboxylic acids is 1. The predicted octanol–water partition coefficient (Wildman–Crippen LogP) is 3.73. The number of nitrogens with zero attached hydrogens (tertiary/aromatic N) is 5. The van der Waals surface area contributed by atoms with Gasteiger partial charge in [-0.1, -0.05) is 25.1 Å². The van der Waals surface area contributed by atoms with E-state index in [0.29, 0.717) is 12.1 Å². The van der Waals surface area contributed by atoms with Crippen molar-refractivity contribution in [3.05, 3.63) is 83.8 Å². The summed E-state index contributed by atoms with van der Waals surface area (Å²) in [7, 11) is 1.64. The van der Waals surface area contributed by atoms with Gasteiger partial charge < -0.3 is 19.7 Å². The van der Waals surface area contributed by atoms with Gasteiger partial charge in [0.1, 0.15) is 11.5 Å². The van der Waals surface area contributed by atoms with E-state index in [-0.39, 0.29) is 5.91 Å². The van der Waals surface area contributed by atoms with Gasteiger partial charge in [0.25, 0.3) is 5.91 Å². The van der Waals surface area contributed by atoms with Crippen LogP contribution in [-0.4, -0.2) is 53.7 Å². The Balaban J connectivity index is 1.30. The molecular formula is C27H30N6O. The van der Waals surface area contributed by atoms with Gasteiger partial charge in [-0.2, -0.15) is 0 Å².